The van der Waals surface area contributed by atoms with Gasteiger partial charge in [0.1, 0.15) is 23.4 Å². The Balaban J connectivity index is 1.58. The number of aromatic nitrogens is 4. The largest absolute Gasteiger partial charge is 0.464 e. The van der Waals surface area contributed by atoms with E-state index in [1.54, 1.807) is 6.33 Å². The van der Waals surface area contributed by atoms with Crippen LogP contribution in [-0.4, -0.2) is 31.4 Å². The smallest absolute Gasteiger partial charge is 0.127 e. The fraction of sp³-hybridized carbons (Fsp3) is 0.474. The summed E-state index contributed by atoms with van der Waals surface area (Å²) in [5.41, 5.74) is 3.44. The minimum absolute atomic E-state index is 0.0473. The third kappa shape index (κ3) is 3.26. The Morgan fingerprint density at radius 1 is 1.32 bits per heavy atom. The zero-order valence-electron chi connectivity index (χ0n) is 14.9. The quantitative estimate of drug-likeness (QED) is 0.720. The molecule has 0 saturated heterocycles. The van der Waals surface area contributed by atoms with Gasteiger partial charge in [-0.1, -0.05) is 13.3 Å². The topological polar surface area (TPSA) is 73.7 Å². The van der Waals surface area contributed by atoms with Crippen molar-refractivity contribution in [3.63, 3.8) is 0 Å². The Bertz CT molecular complexity index is 830. The number of rotatable bonds is 6. The van der Waals surface area contributed by atoms with Crippen LogP contribution >= 0.6 is 0 Å². The maximum atomic E-state index is 5.95. The molecule has 0 aromatic carbocycles. The Hall–Kier alpha value is -2.34. The van der Waals surface area contributed by atoms with Crippen LogP contribution in [0.15, 0.2) is 29.1 Å². The van der Waals surface area contributed by atoms with Gasteiger partial charge in [-0.2, -0.15) is 0 Å². The van der Waals surface area contributed by atoms with Crippen LogP contribution in [0.3, 0.4) is 0 Å². The zero-order valence-corrected chi connectivity index (χ0v) is 14.9. The number of fused-ring (bicyclic) bond motifs is 1. The molecule has 1 aliphatic rings. The van der Waals surface area contributed by atoms with E-state index in [-0.39, 0.29) is 6.04 Å². The van der Waals surface area contributed by atoms with Gasteiger partial charge in [0.25, 0.3) is 0 Å². The average molecular weight is 339 g/mol. The van der Waals surface area contributed by atoms with Gasteiger partial charge in [0.2, 0.25) is 0 Å². The molecule has 0 saturated carbocycles. The Labute approximate surface area is 147 Å². The predicted octanol–water partition coefficient (Wildman–Crippen LogP) is 3.52. The third-order valence-electron chi connectivity index (χ3n) is 4.88. The van der Waals surface area contributed by atoms with Crippen molar-refractivity contribution in [3.8, 4) is 0 Å². The number of unbranched alkanes of at least 4 members (excludes halogenated alkanes) is 1. The van der Waals surface area contributed by atoms with E-state index in [0.29, 0.717) is 0 Å². The summed E-state index contributed by atoms with van der Waals surface area (Å²) in [7, 11) is 0. The van der Waals surface area contributed by atoms with Gasteiger partial charge < -0.3 is 14.4 Å². The Kier molecular flexibility index (Phi) is 4.44. The molecule has 0 amide bonds. The summed E-state index contributed by atoms with van der Waals surface area (Å²) in [6, 6.07) is 4.13. The van der Waals surface area contributed by atoms with Crippen LogP contribution in [0, 0.1) is 6.92 Å². The normalized spacial score (nSPS) is 17.8. The standard InChI is InChI=1S/C19H25N5O/c1-3-4-5-17-20-10-14(23-17)11-24-9-8-15-18(22-12-21-15)19(24)16-7-6-13(2)25-16/h6-7,10,12,19H,3-5,8-9,11H2,1-2H3,(H,20,23)(H,21,22)/t19-/m0/s1. The van der Waals surface area contributed by atoms with Crippen LogP contribution in [0.4, 0.5) is 0 Å². The molecular weight excluding hydrogens is 314 g/mol. The molecule has 0 unspecified atom stereocenters. The van der Waals surface area contributed by atoms with Crippen LogP contribution < -0.4 is 0 Å². The van der Waals surface area contributed by atoms with E-state index in [1.165, 1.54) is 18.5 Å². The monoisotopic (exact) mass is 339 g/mol. The number of nitrogens with zero attached hydrogens (tertiary/aromatic N) is 3. The fourth-order valence-corrected chi connectivity index (χ4v) is 3.59. The Morgan fingerprint density at radius 2 is 2.24 bits per heavy atom. The van der Waals surface area contributed by atoms with Crippen LogP contribution in [-0.2, 0) is 19.4 Å². The molecule has 0 bridgehead atoms. The van der Waals surface area contributed by atoms with E-state index < -0.39 is 0 Å². The SMILES string of the molecule is CCCCc1ncc(CN2CCc3[nH]cnc3[C@@H]2c2ccc(C)o2)[nH]1. The first-order valence-corrected chi connectivity index (χ1v) is 9.10. The summed E-state index contributed by atoms with van der Waals surface area (Å²) >= 11 is 0. The highest BCUT2D eigenvalue weighted by molar-refractivity contribution is 5.28. The number of nitrogens with one attached hydrogen (secondary N) is 2. The number of hydrogen-bond acceptors (Lipinski definition) is 4. The maximum Gasteiger partial charge on any atom is 0.127 e. The van der Waals surface area contributed by atoms with Crippen molar-refractivity contribution in [2.24, 2.45) is 0 Å². The van der Waals surface area contributed by atoms with Gasteiger partial charge in [-0.15, -0.1) is 0 Å². The maximum absolute atomic E-state index is 5.95. The first-order chi connectivity index (χ1) is 12.2. The minimum Gasteiger partial charge on any atom is -0.464 e. The first-order valence-electron chi connectivity index (χ1n) is 9.10. The Morgan fingerprint density at radius 3 is 3.04 bits per heavy atom. The molecule has 0 radical (unpaired) electrons. The van der Waals surface area contributed by atoms with E-state index in [1.807, 2.05) is 19.2 Å². The van der Waals surface area contributed by atoms with Crippen molar-refractivity contribution in [1.82, 2.24) is 24.8 Å². The fourth-order valence-electron chi connectivity index (χ4n) is 3.59. The van der Waals surface area contributed by atoms with Gasteiger partial charge in [0, 0.05) is 43.5 Å². The van der Waals surface area contributed by atoms with Gasteiger partial charge in [-0.3, -0.25) is 4.90 Å². The lowest BCUT2D eigenvalue weighted by Gasteiger charge is -2.33. The van der Waals surface area contributed by atoms with Gasteiger partial charge in [0.15, 0.2) is 0 Å². The van der Waals surface area contributed by atoms with Gasteiger partial charge >= 0.3 is 0 Å². The molecule has 0 aliphatic carbocycles. The zero-order chi connectivity index (χ0) is 17.2. The molecule has 25 heavy (non-hydrogen) atoms. The van der Waals surface area contributed by atoms with Crippen molar-refractivity contribution in [2.75, 3.05) is 6.54 Å². The van der Waals surface area contributed by atoms with Gasteiger partial charge in [-0.05, 0) is 25.5 Å². The predicted molar refractivity (Wildman–Crippen MR) is 95.2 cm³/mol. The minimum atomic E-state index is 0.0473. The van der Waals surface area contributed by atoms with Crippen molar-refractivity contribution >= 4 is 0 Å². The summed E-state index contributed by atoms with van der Waals surface area (Å²) in [6.45, 7) is 5.96. The second kappa shape index (κ2) is 6.88. The first kappa shape index (κ1) is 16.1. The van der Waals surface area contributed by atoms with E-state index in [9.17, 15) is 0 Å². The lowest BCUT2D eigenvalue weighted by Crippen LogP contribution is -2.35. The van der Waals surface area contributed by atoms with Crippen LogP contribution in [0.2, 0.25) is 0 Å². The van der Waals surface area contributed by atoms with Crippen molar-refractivity contribution in [1.29, 1.82) is 0 Å². The molecule has 1 aliphatic heterocycles. The lowest BCUT2D eigenvalue weighted by atomic mass is 10.0. The number of imidazole rings is 2. The summed E-state index contributed by atoms with van der Waals surface area (Å²) < 4.78 is 5.95. The number of furan rings is 1. The molecular formula is C19H25N5O. The molecule has 1 atom stereocenters. The highest BCUT2D eigenvalue weighted by atomic mass is 16.3. The van der Waals surface area contributed by atoms with E-state index in [0.717, 1.165) is 54.7 Å². The third-order valence-corrected chi connectivity index (χ3v) is 4.88. The molecule has 2 N–H and O–H groups in total. The van der Waals surface area contributed by atoms with E-state index >= 15 is 0 Å². The van der Waals surface area contributed by atoms with Crippen molar-refractivity contribution in [2.45, 2.75) is 52.1 Å². The molecule has 6 heteroatoms. The van der Waals surface area contributed by atoms with Crippen molar-refractivity contribution in [3.05, 3.63) is 59.1 Å². The van der Waals surface area contributed by atoms with Crippen molar-refractivity contribution < 1.29 is 4.42 Å². The second-order valence-electron chi connectivity index (χ2n) is 6.80. The van der Waals surface area contributed by atoms with E-state index in [2.05, 4.69) is 37.8 Å². The van der Waals surface area contributed by atoms with Gasteiger partial charge in [-0.25, -0.2) is 9.97 Å². The number of aryl methyl sites for hydroxylation is 2. The molecule has 3 aromatic heterocycles. The summed E-state index contributed by atoms with van der Waals surface area (Å²) in [6.07, 6.45) is 8.10. The van der Waals surface area contributed by atoms with Gasteiger partial charge in [0.05, 0.1) is 12.0 Å². The number of hydrogen-bond donors (Lipinski definition) is 2. The molecule has 132 valence electrons. The van der Waals surface area contributed by atoms with Crippen LogP contribution in [0.5, 0.6) is 0 Å². The molecule has 0 spiro atoms. The molecule has 0 fully saturated rings. The molecule has 3 aromatic rings. The van der Waals surface area contributed by atoms with Crippen LogP contribution in [0.1, 0.15) is 60.2 Å². The lowest BCUT2D eigenvalue weighted by molar-refractivity contribution is 0.176. The highest BCUT2D eigenvalue weighted by Crippen LogP contribution is 2.35. The molecule has 6 nitrogen and oxygen atoms in total. The summed E-state index contributed by atoms with van der Waals surface area (Å²) in [5, 5.41) is 0. The van der Waals surface area contributed by atoms with E-state index in [4.69, 9.17) is 4.42 Å². The number of aromatic amines is 2. The average Bonchev–Trinajstić information content (AvgIpc) is 3.34. The van der Waals surface area contributed by atoms with Crippen LogP contribution in [0.25, 0.3) is 0 Å². The summed E-state index contributed by atoms with van der Waals surface area (Å²) in [4.78, 5) is 18.3. The molecule has 4 heterocycles. The molecule has 4 rings (SSSR count). The highest BCUT2D eigenvalue weighted by Gasteiger charge is 2.33. The summed E-state index contributed by atoms with van der Waals surface area (Å²) in [5.74, 6) is 2.97. The number of H-pyrrole nitrogens is 2. The second-order valence-corrected chi connectivity index (χ2v) is 6.80.